The van der Waals surface area contributed by atoms with Crippen LogP contribution in [0.2, 0.25) is 0 Å². The fourth-order valence-corrected chi connectivity index (χ4v) is 2.64. The first kappa shape index (κ1) is 19.4. The molecule has 0 bridgehead atoms. The number of ether oxygens (including phenoxy) is 1. The van der Waals surface area contributed by atoms with E-state index in [0.29, 0.717) is 19.5 Å². The van der Waals surface area contributed by atoms with Crippen LogP contribution in [0.3, 0.4) is 0 Å². The third kappa shape index (κ3) is 6.17. The van der Waals surface area contributed by atoms with E-state index >= 15 is 0 Å². The molecule has 0 radical (unpaired) electrons. The van der Waals surface area contributed by atoms with Gasteiger partial charge < -0.3 is 9.64 Å². The molecular formula is C15H25N3O4S. The maximum Gasteiger partial charge on any atom is 0.278 e. The number of rotatable bonds is 9. The summed E-state index contributed by atoms with van der Waals surface area (Å²) in [5.74, 6) is 0.688. The Morgan fingerprint density at radius 2 is 1.87 bits per heavy atom. The number of carbonyl (C=O) groups excluding carboxylic acids is 1. The lowest BCUT2D eigenvalue weighted by atomic mass is 10.1. The van der Waals surface area contributed by atoms with Crippen molar-refractivity contribution in [1.29, 1.82) is 0 Å². The van der Waals surface area contributed by atoms with Crippen molar-refractivity contribution in [2.45, 2.75) is 13.3 Å². The number of para-hydroxylation sites is 1. The molecule has 1 aromatic carbocycles. The summed E-state index contributed by atoms with van der Waals surface area (Å²) in [5.41, 5.74) is 1.01. The second-order valence-electron chi connectivity index (χ2n) is 5.25. The number of amides is 1. The molecule has 23 heavy (non-hydrogen) atoms. The Kier molecular flexibility index (Phi) is 7.47. The fourth-order valence-electron chi connectivity index (χ4n) is 2.03. The molecule has 0 atom stereocenters. The molecule has 1 N–H and O–H groups in total. The smallest absolute Gasteiger partial charge is 0.278 e. The van der Waals surface area contributed by atoms with Gasteiger partial charge in [0.1, 0.15) is 5.75 Å². The molecule has 1 aromatic rings. The van der Waals surface area contributed by atoms with Crippen LogP contribution in [0.1, 0.15) is 12.5 Å². The largest absolute Gasteiger partial charge is 0.496 e. The monoisotopic (exact) mass is 343 g/mol. The molecule has 0 heterocycles. The van der Waals surface area contributed by atoms with E-state index in [4.69, 9.17) is 4.74 Å². The normalized spacial score (nSPS) is 11.5. The Hall–Kier alpha value is -1.64. The van der Waals surface area contributed by atoms with Crippen molar-refractivity contribution in [2.75, 3.05) is 40.8 Å². The fraction of sp³-hybridized carbons (Fsp3) is 0.533. The molecule has 0 spiro atoms. The van der Waals surface area contributed by atoms with Crippen molar-refractivity contribution in [2.24, 2.45) is 0 Å². The Morgan fingerprint density at radius 3 is 2.43 bits per heavy atom. The number of methoxy groups -OCH3 is 1. The molecule has 0 saturated heterocycles. The molecule has 1 amide bonds. The average molecular weight is 343 g/mol. The van der Waals surface area contributed by atoms with E-state index in [2.05, 4.69) is 4.72 Å². The van der Waals surface area contributed by atoms with E-state index in [0.717, 1.165) is 15.6 Å². The van der Waals surface area contributed by atoms with Crippen LogP contribution in [-0.4, -0.2) is 64.4 Å². The quantitative estimate of drug-likeness (QED) is 0.707. The number of hydrogen-bond acceptors (Lipinski definition) is 4. The van der Waals surface area contributed by atoms with E-state index in [9.17, 15) is 13.2 Å². The van der Waals surface area contributed by atoms with Crippen LogP contribution in [0.25, 0.3) is 0 Å². The van der Waals surface area contributed by atoms with Gasteiger partial charge in [0.25, 0.3) is 10.2 Å². The number of hydrogen-bond donors (Lipinski definition) is 1. The zero-order chi connectivity index (χ0) is 17.5. The van der Waals surface area contributed by atoms with Gasteiger partial charge in [0, 0.05) is 40.7 Å². The maximum absolute atomic E-state index is 11.7. The highest BCUT2D eigenvalue weighted by Gasteiger charge is 2.15. The van der Waals surface area contributed by atoms with Gasteiger partial charge in [-0.25, -0.2) is 4.72 Å². The lowest BCUT2D eigenvalue weighted by Crippen LogP contribution is -2.42. The molecular weight excluding hydrogens is 318 g/mol. The summed E-state index contributed by atoms with van der Waals surface area (Å²) >= 11 is 0. The standard InChI is InChI=1S/C15H25N3O4S/c1-13(19)18(12-10-16-23(20,21)17(2)3)11-9-14-7-5-6-8-15(14)22-4/h5-8,16H,9-12H2,1-4H3. The van der Waals surface area contributed by atoms with Crippen molar-refractivity contribution in [3.05, 3.63) is 29.8 Å². The number of benzene rings is 1. The van der Waals surface area contributed by atoms with Crippen molar-refractivity contribution >= 4 is 16.1 Å². The molecule has 0 aliphatic carbocycles. The van der Waals surface area contributed by atoms with Crippen molar-refractivity contribution in [1.82, 2.24) is 13.9 Å². The minimum Gasteiger partial charge on any atom is -0.496 e. The first-order chi connectivity index (χ1) is 10.8. The zero-order valence-corrected chi connectivity index (χ0v) is 14.9. The van der Waals surface area contributed by atoms with Gasteiger partial charge in [-0.2, -0.15) is 12.7 Å². The van der Waals surface area contributed by atoms with Crippen LogP contribution in [0, 0.1) is 0 Å². The Morgan fingerprint density at radius 1 is 1.22 bits per heavy atom. The van der Waals surface area contributed by atoms with Gasteiger partial charge in [-0.3, -0.25) is 4.79 Å². The second-order valence-corrected chi connectivity index (χ2v) is 7.22. The van der Waals surface area contributed by atoms with Crippen LogP contribution in [0.15, 0.2) is 24.3 Å². The van der Waals surface area contributed by atoms with E-state index < -0.39 is 10.2 Å². The highest BCUT2D eigenvalue weighted by molar-refractivity contribution is 7.87. The lowest BCUT2D eigenvalue weighted by molar-refractivity contribution is -0.128. The molecule has 0 aliphatic rings. The second kappa shape index (κ2) is 8.85. The van der Waals surface area contributed by atoms with Crippen LogP contribution in [0.4, 0.5) is 0 Å². The number of carbonyl (C=O) groups is 1. The van der Waals surface area contributed by atoms with Crippen LogP contribution in [0.5, 0.6) is 5.75 Å². The lowest BCUT2D eigenvalue weighted by Gasteiger charge is -2.22. The van der Waals surface area contributed by atoms with Crippen LogP contribution < -0.4 is 9.46 Å². The predicted molar refractivity (Wildman–Crippen MR) is 89.6 cm³/mol. The molecule has 0 aliphatic heterocycles. The summed E-state index contributed by atoms with van der Waals surface area (Å²) in [5, 5.41) is 0. The summed E-state index contributed by atoms with van der Waals surface area (Å²) in [6.45, 7) is 2.46. The van der Waals surface area contributed by atoms with Crippen molar-refractivity contribution < 1.29 is 17.9 Å². The molecule has 0 aromatic heterocycles. The first-order valence-electron chi connectivity index (χ1n) is 7.32. The third-order valence-corrected chi connectivity index (χ3v) is 4.97. The van der Waals surface area contributed by atoms with E-state index in [-0.39, 0.29) is 12.5 Å². The van der Waals surface area contributed by atoms with Gasteiger partial charge >= 0.3 is 0 Å². The molecule has 8 heteroatoms. The Balaban J connectivity index is 2.58. The minimum atomic E-state index is -3.47. The van der Waals surface area contributed by atoms with E-state index in [1.54, 1.807) is 12.0 Å². The molecule has 130 valence electrons. The van der Waals surface area contributed by atoms with Gasteiger partial charge in [0.2, 0.25) is 5.91 Å². The predicted octanol–water partition coefficient (Wildman–Crippen LogP) is 0.482. The highest BCUT2D eigenvalue weighted by atomic mass is 32.2. The Labute approximate surface area is 138 Å². The molecule has 0 saturated carbocycles. The van der Waals surface area contributed by atoms with E-state index in [1.165, 1.54) is 21.0 Å². The van der Waals surface area contributed by atoms with E-state index in [1.807, 2.05) is 24.3 Å². The summed E-state index contributed by atoms with van der Waals surface area (Å²) in [4.78, 5) is 13.3. The summed E-state index contributed by atoms with van der Waals surface area (Å²) in [6.07, 6.45) is 0.643. The van der Waals surface area contributed by atoms with Gasteiger partial charge in [0.15, 0.2) is 0 Å². The molecule has 1 rings (SSSR count). The van der Waals surface area contributed by atoms with Crippen LogP contribution >= 0.6 is 0 Å². The van der Waals surface area contributed by atoms with Crippen LogP contribution in [-0.2, 0) is 21.4 Å². The molecule has 0 fully saturated rings. The summed E-state index contributed by atoms with van der Waals surface area (Å²) in [6, 6.07) is 7.63. The number of nitrogens with zero attached hydrogens (tertiary/aromatic N) is 2. The summed E-state index contributed by atoms with van der Waals surface area (Å²) < 4.78 is 32.1. The third-order valence-electron chi connectivity index (χ3n) is 3.44. The topological polar surface area (TPSA) is 79.0 Å². The van der Waals surface area contributed by atoms with Gasteiger partial charge in [-0.05, 0) is 18.1 Å². The summed E-state index contributed by atoms with van der Waals surface area (Å²) in [7, 11) is 1.04. The molecule has 7 nitrogen and oxygen atoms in total. The zero-order valence-electron chi connectivity index (χ0n) is 14.1. The minimum absolute atomic E-state index is 0.0936. The SMILES string of the molecule is COc1ccccc1CCN(CCNS(=O)(=O)N(C)C)C(C)=O. The number of nitrogens with one attached hydrogen (secondary N) is 1. The van der Waals surface area contributed by atoms with Gasteiger partial charge in [-0.1, -0.05) is 18.2 Å². The highest BCUT2D eigenvalue weighted by Crippen LogP contribution is 2.17. The van der Waals surface area contributed by atoms with Crippen molar-refractivity contribution in [3.63, 3.8) is 0 Å². The average Bonchev–Trinajstić information content (AvgIpc) is 2.50. The van der Waals surface area contributed by atoms with Crippen molar-refractivity contribution in [3.8, 4) is 5.75 Å². The van der Waals surface area contributed by atoms with Gasteiger partial charge in [0.05, 0.1) is 7.11 Å². The maximum atomic E-state index is 11.7. The Bertz CT molecular complexity index is 617. The molecule has 0 unspecified atom stereocenters. The first-order valence-corrected chi connectivity index (χ1v) is 8.76. The van der Waals surface area contributed by atoms with Gasteiger partial charge in [-0.15, -0.1) is 0 Å².